The standard InChI is InChI=1S/C15H28N4O2/c1-5-7-16-12(6-2)11(3)15-17-14(18-21-15)13-10-19(4)8-9-20-13/h11-13,16H,5-10H2,1-4H3. The average Bonchev–Trinajstić information content (AvgIpc) is 2.97. The van der Waals surface area contributed by atoms with Gasteiger partial charge in [-0.3, -0.25) is 0 Å². The molecule has 21 heavy (non-hydrogen) atoms. The summed E-state index contributed by atoms with van der Waals surface area (Å²) in [6.45, 7) is 10.0. The molecule has 0 saturated carbocycles. The van der Waals surface area contributed by atoms with Gasteiger partial charge in [-0.25, -0.2) is 0 Å². The number of nitrogens with one attached hydrogen (secondary N) is 1. The number of likely N-dealkylation sites (N-methyl/N-ethyl adjacent to an activating group) is 1. The molecule has 0 spiro atoms. The summed E-state index contributed by atoms with van der Waals surface area (Å²) < 4.78 is 11.2. The normalized spacial score (nSPS) is 23.1. The van der Waals surface area contributed by atoms with Crippen molar-refractivity contribution in [3.05, 3.63) is 11.7 Å². The van der Waals surface area contributed by atoms with Crippen LogP contribution in [-0.2, 0) is 4.74 Å². The van der Waals surface area contributed by atoms with E-state index in [1.807, 2.05) is 0 Å². The van der Waals surface area contributed by atoms with Gasteiger partial charge in [-0.15, -0.1) is 0 Å². The van der Waals surface area contributed by atoms with Crippen molar-refractivity contribution in [2.24, 2.45) is 0 Å². The van der Waals surface area contributed by atoms with E-state index in [0.29, 0.717) is 17.8 Å². The molecule has 0 radical (unpaired) electrons. The number of morpholine rings is 1. The summed E-state index contributed by atoms with van der Waals surface area (Å²) in [5.74, 6) is 1.59. The fourth-order valence-electron chi connectivity index (χ4n) is 2.67. The molecule has 1 aromatic rings. The molecule has 2 heterocycles. The molecular weight excluding hydrogens is 268 g/mol. The Balaban J connectivity index is 2.00. The summed E-state index contributed by atoms with van der Waals surface area (Å²) in [6.07, 6.45) is 2.10. The predicted octanol–water partition coefficient (Wildman–Crippen LogP) is 1.95. The van der Waals surface area contributed by atoms with Gasteiger partial charge >= 0.3 is 0 Å². The Kier molecular flexibility index (Phi) is 6.14. The smallest absolute Gasteiger partial charge is 0.231 e. The first-order valence-electron chi connectivity index (χ1n) is 8.02. The lowest BCUT2D eigenvalue weighted by Gasteiger charge is -2.27. The third-order valence-electron chi connectivity index (χ3n) is 4.10. The average molecular weight is 296 g/mol. The maximum atomic E-state index is 5.74. The van der Waals surface area contributed by atoms with E-state index in [2.05, 4.69) is 48.2 Å². The van der Waals surface area contributed by atoms with Gasteiger partial charge in [0.1, 0.15) is 6.10 Å². The van der Waals surface area contributed by atoms with Gasteiger partial charge in [-0.2, -0.15) is 4.98 Å². The van der Waals surface area contributed by atoms with E-state index in [1.165, 1.54) is 0 Å². The van der Waals surface area contributed by atoms with Crippen LogP contribution < -0.4 is 5.32 Å². The molecule has 0 amide bonds. The molecule has 0 aliphatic carbocycles. The summed E-state index contributed by atoms with van der Waals surface area (Å²) in [5, 5.41) is 7.67. The van der Waals surface area contributed by atoms with E-state index < -0.39 is 0 Å². The minimum Gasteiger partial charge on any atom is -0.367 e. The van der Waals surface area contributed by atoms with Crippen molar-refractivity contribution < 1.29 is 9.26 Å². The molecule has 1 aliphatic rings. The van der Waals surface area contributed by atoms with E-state index in [1.54, 1.807) is 0 Å². The van der Waals surface area contributed by atoms with Crippen molar-refractivity contribution in [1.82, 2.24) is 20.4 Å². The van der Waals surface area contributed by atoms with Crippen LogP contribution >= 0.6 is 0 Å². The van der Waals surface area contributed by atoms with Gasteiger partial charge in [-0.1, -0.05) is 25.9 Å². The molecule has 1 N–H and O–H groups in total. The number of nitrogens with zero attached hydrogens (tertiary/aromatic N) is 3. The first kappa shape index (κ1) is 16.4. The van der Waals surface area contributed by atoms with Crippen LogP contribution in [0.25, 0.3) is 0 Å². The Morgan fingerprint density at radius 1 is 1.43 bits per heavy atom. The van der Waals surface area contributed by atoms with Gasteiger partial charge in [0, 0.05) is 19.1 Å². The van der Waals surface area contributed by atoms with Crippen molar-refractivity contribution in [3.8, 4) is 0 Å². The molecule has 1 aliphatic heterocycles. The van der Waals surface area contributed by atoms with Gasteiger partial charge in [0.2, 0.25) is 11.7 Å². The Labute approximate surface area is 127 Å². The number of hydrogen-bond donors (Lipinski definition) is 1. The molecule has 1 saturated heterocycles. The number of rotatable bonds is 7. The Morgan fingerprint density at radius 2 is 2.24 bits per heavy atom. The van der Waals surface area contributed by atoms with Crippen LogP contribution in [0.3, 0.4) is 0 Å². The van der Waals surface area contributed by atoms with Gasteiger partial charge in [0.25, 0.3) is 0 Å². The molecule has 3 unspecified atom stereocenters. The lowest BCUT2D eigenvalue weighted by molar-refractivity contribution is -0.0264. The summed E-state index contributed by atoms with van der Waals surface area (Å²) in [6, 6.07) is 0.369. The fourth-order valence-corrected chi connectivity index (χ4v) is 2.67. The van der Waals surface area contributed by atoms with Gasteiger partial charge in [-0.05, 0) is 26.4 Å². The second-order valence-electron chi connectivity index (χ2n) is 5.87. The first-order chi connectivity index (χ1) is 10.2. The van der Waals surface area contributed by atoms with Crippen LogP contribution in [0, 0.1) is 0 Å². The van der Waals surface area contributed by atoms with E-state index in [4.69, 9.17) is 9.26 Å². The van der Waals surface area contributed by atoms with Crippen molar-refractivity contribution in [2.45, 2.75) is 51.7 Å². The van der Waals surface area contributed by atoms with Crippen molar-refractivity contribution in [1.29, 1.82) is 0 Å². The third kappa shape index (κ3) is 4.25. The van der Waals surface area contributed by atoms with Crippen LogP contribution in [0.5, 0.6) is 0 Å². The highest BCUT2D eigenvalue weighted by atomic mass is 16.5. The van der Waals surface area contributed by atoms with Crippen molar-refractivity contribution in [3.63, 3.8) is 0 Å². The molecule has 0 aromatic carbocycles. The van der Waals surface area contributed by atoms with E-state index in [0.717, 1.165) is 39.1 Å². The van der Waals surface area contributed by atoms with E-state index >= 15 is 0 Å². The number of hydrogen-bond acceptors (Lipinski definition) is 6. The first-order valence-corrected chi connectivity index (χ1v) is 8.02. The van der Waals surface area contributed by atoms with E-state index in [-0.39, 0.29) is 12.0 Å². The highest BCUT2D eigenvalue weighted by molar-refractivity contribution is 5.00. The topological polar surface area (TPSA) is 63.4 Å². The molecule has 6 nitrogen and oxygen atoms in total. The van der Waals surface area contributed by atoms with Crippen molar-refractivity contribution >= 4 is 0 Å². The molecular formula is C15H28N4O2. The summed E-state index contributed by atoms with van der Waals surface area (Å²) in [4.78, 5) is 6.80. The lowest BCUT2D eigenvalue weighted by Crippen LogP contribution is -2.36. The minimum atomic E-state index is -0.0721. The van der Waals surface area contributed by atoms with Crippen LogP contribution in [0.1, 0.15) is 57.3 Å². The number of ether oxygens (including phenoxy) is 1. The molecule has 1 aromatic heterocycles. The van der Waals surface area contributed by atoms with Crippen LogP contribution in [-0.4, -0.2) is 54.4 Å². The molecule has 3 atom stereocenters. The lowest BCUT2D eigenvalue weighted by atomic mass is 9.99. The van der Waals surface area contributed by atoms with Crippen molar-refractivity contribution in [2.75, 3.05) is 33.3 Å². The Bertz CT molecular complexity index is 424. The second kappa shape index (κ2) is 7.87. The van der Waals surface area contributed by atoms with Gasteiger partial charge < -0.3 is 19.5 Å². The predicted molar refractivity (Wildman–Crippen MR) is 81.3 cm³/mol. The SMILES string of the molecule is CCCNC(CC)C(C)c1nc(C2CN(C)CCO2)no1. The fraction of sp³-hybridized carbons (Fsp3) is 0.867. The summed E-state index contributed by atoms with van der Waals surface area (Å²) >= 11 is 0. The Hall–Kier alpha value is -0.980. The molecule has 6 heteroatoms. The second-order valence-corrected chi connectivity index (χ2v) is 5.87. The maximum absolute atomic E-state index is 5.74. The van der Waals surface area contributed by atoms with Gasteiger partial charge in [0.15, 0.2) is 0 Å². The summed E-state index contributed by atoms with van der Waals surface area (Å²) in [5.41, 5.74) is 0. The molecule has 2 rings (SSSR count). The molecule has 1 fully saturated rings. The van der Waals surface area contributed by atoms with Crippen LogP contribution in [0.2, 0.25) is 0 Å². The zero-order valence-corrected chi connectivity index (χ0v) is 13.6. The Morgan fingerprint density at radius 3 is 2.90 bits per heavy atom. The zero-order valence-electron chi connectivity index (χ0n) is 13.6. The monoisotopic (exact) mass is 296 g/mol. The zero-order chi connectivity index (χ0) is 15.2. The quantitative estimate of drug-likeness (QED) is 0.830. The molecule has 0 bridgehead atoms. The maximum Gasteiger partial charge on any atom is 0.231 e. The third-order valence-corrected chi connectivity index (χ3v) is 4.10. The largest absolute Gasteiger partial charge is 0.367 e. The van der Waals surface area contributed by atoms with Gasteiger partial charge in [0.05, 0.1) is 12.5 Å². The minimum absolute atomic E-state index is 0.0721. The molecule has 120 valence electrons. The summed E-state index contributed by atoms with van der Waals surface area (Å²) in [7, 11) is 2.08. The van der Waals surface area contributed by atoms with E-state index in [9.17, 15) is 0 Å². The van der Waals surface area contributed by atoms with Crippen LogP contribution in [0.4, 0.5) is 0 Å². The highest BCUT2D eigenvalue weighted by Gasteiger charge is 2.27. The number of aromatic nitrogens is 2. The van der Waals surface area contributed by atoms with Crippen LogP contribution in [0.15, 0.2) is 4.52 Å². The highest BCUT2D eigenvalue weighted by Crippen LogP contribution is 2.24.